The molecule has 0 aliphatic rings. The Kier molecular flexibility index (Phi) is 3.79. The summed E-state index contributed by atoms with van der Waals surface area (Å²) < 4.78 is 22.1. The van der Waals surface area contributed by atoms with E-state index in [0.717, 1.165) is 4.31 Å². The average Bonchev–Trinajstić information content (AvgIpc) is 1.85. The van der Waals surface area contributed by atoms with Crippen molar-refractivity contribution in [2.24, 2.45) is 5.92 Å². The van der Waals surface area contributed by atoms with Gasteiger partial charge >= 0.3 is 0 Å². The number of nitrogens with zero attached hydrogens (tertiary/aromatic N) is 2. The molecular formula is C5H9ClN2O2S. The summed E-state index contributed by atoms with van der Waals surface area (Å²) in [5.74, 6) is -0.339. The van der Waals surface area contributed by atoms with Gasteiger partial charge in [0.2, 0.25) is 0 Å². The van der Waals surface area contributed by atoms with Gasteiger partial charge in [-0.25, -0.2) is 0 Å². The molecule has 1 unspecified atom stereocenters. The van der Waals surface area contributed by atoms with Crippen LogP contribution < -0.4 is 0 Å². The molecule has 6 heteroatoms. The average molecular weight is 197 g/mol. The van der Waals surface area contributed by atoms with E-state index in [1.54, 1.807) is 6.92 Å². The van der Waals surface area contributed by atoms with Crippen LogP contribution in [0.5, 0.6) is 0 Å². The Morgan fingerprint density at radius 3 is 2.45 bits per heavy atom. The molecule has 0 heterocycles. The van der Waals surface area contributed by atoms with Crippen LogP contribution in [0.25, 0.3) is 0 Å². The highest BCUT2D eigenvalue weighted by Gasteiger charge is 2.15. The van der Waals surface area contributed by atoms with E-state index >= 15 is 0 Å². The minimum Gasteiger partial charge on any atom is -0.198 e. The van der Waals surface area contributed by atoms with Crippen molar-refractivity contribution in [3.63, 3.8) is 0 Å². The molecule has 11 heavy (non-hydrogen) atoms. The van der Waals surface area contributed by atoms with Crippen molar-refractivity contribution in [2.75, 3.05) is 13.6 Å². The summed E-state index contributed by atoms with van der Waals surface area (Å²) in [6, 6.07) is 1.90. The van der Waals surface area contributed by atoms with Crippen LogP contribution in [0.4, 0.5) is 0 Å². The Labute approximate surface area is 70.9 Å². The molecule has 0 spiro atoms. The minimum atomic E-state index is -3.65. The Hall–Kier alpha value is -0.310. The van der Waals surface area contributed by atoms with Gasteiger partial charge in [-0.1, -0.05) is 0 Å². The van der Waals surface area contributed by atoms with Crippen LogP contribution in [0.3, 0.4) is 0 Å². The van der Waals surface area contributed by atoms with Crippen LogP contribution in [0.2, 0.25) is 0 Å². The molecule has 64 valence electrons. The lowest BCUT2D eigenvalue weighted by atomic mass is 10.2. The number of hydrogen-bond acceptors (Lipinski definition) is 3. The number of nitriles is 1. The third-order valence-electron chi connectivity index (χ3n) is 1.12. The second kappa shape index (κ2) is 3.90. The molecule has 0 saturated heterocycles. The predicted octanol–water partition coefficient (Wildman–Crippen LogP) is 0.561. The third-order valence-corrected chi connectivity index (χ3v) is 2.72. The summed E-state index contributed by atoms with van der Waals surface area (Å²) >= 11 is 0. The zero-order valence-corrected chi connectivity index (χ0v) is 7.85. The molecule has 0 aromatic rings. The van der Waals surface area contributed by atoms with E-state index in [-0.39, 0.29) is 12.5 Å². The Morgan fingerprint density at radius 1 is 1.73 bits per heavy atom. The molecule has 0 saturated carbocycles. The van der Waals surface area contributed by atoms with Crippen molar-refractivity contribution >= 4 is 19.9 Å². The van der Waals surface area contributed by atoms with Crippen molar-refractivity contribution in [3.05, 3.63) is 0 Å². The van der Waals surface area contributed by atoms with Gasteiger partial charge in [0, 0.05) is 24.3 Å². The van der Waals surface area contributed by atoms with Crippen molar-refractivity contribution in [3.8, 4) is 6.07 Å². The largest absolute Gasteiger partial charge is 0.299 e. The first-order chi connectivity index (χ1) is 4.88. The molecule has 0 aromatic heterocycles. The fourth-order valence-electron chi connectivity index (χ4n) is 0.516. The van der Waals surface area contributed by atoms with E-state index < -0.39 is 9.24 Å². The molecule has 0 bridgehead atoms. The van der Waals surface area contributed by atoms with Crippen LogP contribution in [0, 0.1) is 17.2 Å². The summed E-state index contributed by atoms with van der Waals surface area (Å²) in [5.41, 5.74) is 0. The lowest BCUT2D eigenvalue weighted by Crippen LogP contribution is -2.26. The monoisotopic (exact) mass is 196 g/mol. The van der Waals surface area contributed by atoms with Gasteiger partial charge in [0.1, 0.15) is 0 Å². The first kappa shape index (κ1) is 10.7. The van der Waals surface area contributed by atoms with Gasteiger partial charge in [-0.05, 0) is 6.92 Å². The van der Waals surface area contributed by atoms with E-state index in [4.69, 9.17) is 15.9 Å². The molecule has 0 fully saturated rings. The maximum absolute atomic E-state index is 10.6. The fourth-order valence-corrected chi connectivity index (χ4v) is 1.09. The summed E-state index contributed by atoms with van der Waals surface area (Å²) in [6.45, 7) is 1.75. The van der Waals surface area contributed by atoms with Crippen molar-refractivity contribution < 1.29 is 8.42 Å². The summed E-state index contributed by atoms with van der Waals surface area (Å²) in [6.07, 6.45) is 0. The Morgan fingerprint density at radius 2 is 2.18 bits per heavy atom. The molecule has 0 aromatic carbocycles. The van der Waals surface area contributed by atoms with Crippen LogP contribution in [-0.4, -0.2) is 26.3 Å². The molecule has 1 atom stereocenters. The quantitative estimate of drug-likeness (QED) is 0.620. The second-order valence-electron chi connectivity index (χ2n) is 2.25. The van der Waals surface area contributed by atoms with Crippen LogP contribution in [0.1, 0.15) is 6.92 Å². The number of rotatable bonds is 3. The Balaban J connectivity index is 4.12. The molecule has 0 rings (SSSR count). The standard InChI is InChI=1S/C5H9ClN2O2S/c1-5(3-7)4-8(2)11(6,9)10/h5H,4H2,1-2H3. The van der Waals surface area contributed by atoms with Gasteiger partial charge in [-0.3, -0.25) is 0 Å². The molecule has 0 aliphatic heterocycles. The summed E-state index contributed by atoms with van der Waals surface area (Å²) in [4.78, 5) is 0. The van der Waals surface area contributed by atoms with Gasteiger partial charge in [-0.2, -0.15) is 18.0 Å². The van der Waals surface area contributed by atoms with Crippen LogP contribution >= 0.6 is 10.7 Å². The maximum atomic E-state index is 10.6. The number of halogens is 1. The maximum Gasteiger partial charge on any atom is 0.299 e. The summed E-state index contributed by atoms with van der Waals surface area (Å²) in [7, 11) is 2.65. The zero-order chi connectivity index (χ0) is 9.07. The van der Waals surface area contributed by atoms with E-state index in [9.17, 15) is 8.42 Å². The number of hydrogen-bond donors (Lipinski definition) is 0. The molecular weight excluding hydrogens is 188 g/mol. The SMILES string of the molecule is CC(C#N)CN(C)S(=O)(=O)Cl. The first-order valence-corrected chi connectivity index (χ1v) is 5.20. The van der Waals surface area contributed by atoms with Crippen LogP contribution in [-0.2, 0) is 9.24 Å². The molecule has 0 radical (unpaired) electrons. The van der Waals surface area contributed by atoms with Crippen molar-refractivity contribution in [1.82, 2.24) is 4.31 Å². The van der Waals surface area contributed by atoms with E-state index in [1.807, 2.05) is 6.07 Å². The summed E-state index contributed by atoms with van der Waals surface area (Å²) in [5, 5.41) is 8.33. The molecule has 4 nitrogen and oxygen atoms in total. The normalized spacial score (nSPS) is 14.5. The Bertz CT molecular complexity index is 256. The fraction of sp³-hybridized carbons (Fsp3) is 0.800. The second-order valence-corrected chi connectivity index (χ2v) is 4.87. The van der Waals surface area contributed by atoms with Crippen molar-refractivity contribution in [2.45, 2.75) is 6.92 Å². The highest BCUT2D eigenvalue weighted by atomic mass is 35.7. The van der Waals surface area contributed by atoms with Crippen molar-refractivity contribution in [1.29, 1.82) is 5.26 Å². The van der Waals surface area contributed by atoms with Gasteiger partial charge in [0.05, 0.1) is 12.0 Å². The zero-order valence-electron chi connectivity index (χ0n) is 6.28. The van der Waals surface area contributed by atoms with Gasteiger partial charge < -0.3 is 0 Å². The predicted molar refractivity (Wildman–Crippen MR) is 42.2 cm³/mol. The van der Waals surface area contributed by atoms with E-state index in [2.05, 4.69) is 0 Å². The van der Waals surface area contributed by atoms with E-state index in [0.29, 0.717) is 0 Å². The lowest BCUT2D eigenvalue weighted by molar-refractivity contribution is 0.450. The van der Waals surface area contributed by atoms with E-state index in [1.165, 1.54) is 7.05 Å². The van der Waals surface area contributed by atoms with Gasteiger partial charge in [0.15, 0.2) is 0 Å². The first-order valence-electron chi connectivity index (χ1n) is 2.93. The van der Waals surface area contributed by atoms with Gasteiger partial charge in [-0.15, -0.1) is 0 Å². The minimum absolute atomic E-state index is 0.127. The van der Waals surface area contributed by atoms with Crippen LogP contribution in [0.15, 0.2) is 0 Å². The highest BCUT2D eigenvalue weighted by Crippen LogP contribution is 2.05. The molecule has 0 amide bonds. The smallest absolute Gasteiger partial charge is 0.198 e. The van der Waals surface area contributed by atoms with Gasteiger partial charge in [0.25, 0.3) is 9.24 Å². The molecule has 0 aliphatic carbocycles. The lowest BCUT2D eigenvalue weighted by Gasteiger charge is -2.12. The highest BCUT2D eigenvalue weighted by molar-refractivity contribution is 8.11. The molecule has 0 N–H and O–H groups in total. The third kappa shape index (κ3) is 4.19. The topological polar surface area (TPSA) is 61.2 Å².